The van der Waals surface area contributed by atoms with Crippen molar-refractivity contribution in [1.82, 2.24) is 9.96 Å². The van der Waals surface area contributed by atoms with Crippen molar-refractivity contribution in [1.29, 1.82) is 0 Å². The van der Waals surface area contributed by atoms with E-state index in [4.69, 9.17) is 22.8 Å². The molecule has 2 rings (SSSR count). The van der Waals surface area contributed by atoms with Gasteiger partial charge in [0.25, 0.3) is 10.3 Å². The Morgan fingerprint density at radius 3 is 2.00 bits per heavy atom. The second kappa shape index (κ2) is 19.3. The van der Waals surface area contributed by atoms with Crippen molar-refractivity contribution in [3.63, 3.8) is 0 Å². The van der Waals surface area contributed by atoms with Crippen molar-refractivity contribution in [2.75, 3.05) is 32.8 Å². The molecule has 2 N–H and O–H groups in total. The quantitative estimate of drug-likeness (QED) is 0.344. The van der Waals surface area contributed by atoms with E-state index in [0.717, 1.165) is 26.2 Å². The fourth-order valence-electron chi connectivity index (χ4n) is 3.41. The number of hydrogen-bond donors (Lipinski definition) is 1. The van der Waals surface area contributed by atoms with Gasteiger partial charge < -0.3 is 20.2 Å². The van der Waals surface area contributed by atoms with Crippen molar-refractivity contribution in [3.05, 3.63) is 12.7 Å². The number of nitrogens with zero attached hydrogens (tertiary/aromatic N) is 2. The maximum atomic E-state index is 5.63. The summed E-state index contributed by atoms with van der Waals surface area (Å²) >= 11 is 9.57. The molecule has 2 fully saturated rings. The average molecular weight is 462 g/mol. The normalized spacial score (nSPS) is 16.9. The molecule has 0 spiro atoms. The number of rotatable bonds is 6. The Kier molecular flexibility index (Phi) is 18.8. The van der Waals surface area contributed by atoms with E-state index in [1.54, 1.807) is 12.1 Å². The maximum absolute atomic E-state index is 5.63. The summed E-state index contributed by atoms with van der Waals surface area (Å²) in [4.78, 5) is 7.69. The van der Waals surface area contributed by atoms with Gasteiger partial charge in [-0.25, -0.2) is 0 Å². The lowest BCUT2D eigenvalue weighted by atomic mass is 10.2. The summed E-state index contributed by atoms with van der Waals surface area (Å²) in [5.41, 5.74) is 4.91. The van der Waals surface area contributed by atoms with Crippen LogP contribution in [0.1, 0.15) is 59.3 Å². The first-order valence-corrected chi connectivity index (χ1v) is 14.5. The molecular weight excluding hydrogens is 418 g/mol. The monoisotopic (exact) mass is 461 g/mol. The minimum atomic E-state index is -0.244. The molecule has 0 radical (unpaired) electrons. The third kappa shape index (κ3) is 15.8. The molecule has 170 valence electrons. The van der Waals surface area contributed by atoms with E-state index in [0.29, 0.717) is 11.8 Å². The molecule has 0 aromatic rings. The van der Waals surface area contributed by atoms with E-state index >= 15 is 0 Å². The molecule has 0 aromatic carbocycles. The molecule has 0 atom stereocenters. The Morgan fingerprint density at radius 1 is 1.03 bits per heavy atom. The van der Waals surface area contributed by atoms with Crippen LogP contribution >= 0.6 is 24.4 Å². The van der Waals surface area contributed by atoms with Crippen molar-refractivity contribution < 1.29 is 9.57 Å². The second-order valence-corrected chi connectivity index (χ2v) is 11.4. The Labute approximate surface area is 191 Å². The SMILES string of the molecule is C=CC[SiH]1CCCCC1.CCN(CC)C(=S)ON1CCCCC1.CCOC(N)=S. The summed E-state index contributed by atoms with van der Waals surface area (Å²) < 4.78 is 4.55. The predicted molar refractivity (Wildman–Crippen MR) is 136 cm³/mol. The zero-order chi connectivity index (χ0) is 21.9. The molecule has 8 heteroatoms. The topological polar surface area (TPSA) is 51.0 Å². The first kappa shape index (κ1) is 28.3. The first-order valence-electron chi connectivity index (χ1n) is 11.2. The average Bonchev–Trinajstić information content (AvgIpc) is 2.72. The molecule has 29 heavy (non-hydrogen) atoms. The van der Waals surface area contributed by atoms with E-state index in [9.17, 15) is 0 Å². The largest absolute Gasteiger partial charge is 0.472 e. The summed E-state index contributed by atoms with van der Waals surface area (Å²) in [5, 5.41) is 2.74. The second-order valence-electron chi connectivity index (χ2n) is 7.30. The Bertz CT molecular complexity index is 440. The summed E-state index contributed by atoms with van der Waals surface area (Å²) in [6.07, 6.45) is 10.4. The van der Waals surface area contributed by atoms with Gasteiger partial charge in [0.2, 0.25) is 0 Å². The van der Waals surface area contributed by atoms with E-state index < -0.39 is 0 Å². The van der Waals surface area contributed by atoms with E-state index in [2.05, 4.69) is 48.4 Å². The van der Waals surface area contributed by atoms with Gasteiger partial charge in [-0.05, 0) is 64.1 Å². The number of ether oxygens (including phenoxy) is 1. The van der Waals surface area contributed by atoms with Gasteiger partial charge in [-0.15, -0.1) is 11.6 Å². The Morgan fingerprint density at radius 2 is 1.59 bits per heavy atom. The lowest BCUT2D eigenvalue weighted by Crippen LogP contribution is -2.39. The van der Waals surface area contributed by atoms with Crippen LogP contribution in [0.4, 0.5) is 0 Å². The van der Waals surface area contributed by atoms with Crippen LogP contribution in [0, 0.1) is 0 Å². The molecule has 2 heterocycles. The fourth-order valence-corrected chi connectivity index (χ4v) is 6.85. The first-order chi connectivity index (χ1) is 14.0. The zero-order valence-electron chi connectivity index (χ0n) is 18.9. The molecule has 2 aliphatic heterocycles. The number of hydrogen-bond acceptors (Lipinski definition) is 5. The molecule has 0 bridgehead atoms. The highest BCUT2D eigenvalue weighted by Gasteiger charge is 2.15. The van der Waals surface area contributed by atoms with Crippen LogP contribution in [0.25, 0.3) is 0 Å². The number of allylic oxidation sites excluding steroid dienone is 1. The maximum Gasteiger partial charge on any atom is 0.281 e. The summed E-state index contributed by atoms with van der Waals surface area (Å²) in [5.74, 6) is 0. The Balaban J connectivity index is 0.000000448. The minimum Gasteiger partial charge on any atom is -0.472 e. The number of piperidine rings is 1. The molecular formula is C21H43N3O2S2Si. The van der Waals surface area contributed by atoms with E-state index in [-0.39, 0.29) is 14.0 Å². The molecule has 0 unspecified atom stereocenters. The molecule has 0 amide bonds. The van der Waals surface area contributed by atoms with Crippen LogP contribution in [0.2, 0.25) is 18.1 Å². The molecule has 2 saturated heterocycles. The number of thiocarbonyl (C=S) groups is 2. The van der Waals surface area contributed by atoms with Crippen LogP contribution in [0.3, 0.4) is 0 Å². The number of hydroxylamine groups is 2. The highest BCUT2D eigenvalue weighted by Crippen LogP contribution is 2.21. The molecule has 0 saturated carbocycles. The summed E-state index contributed by atoms with van der Waals surface area (Å²) in [6, 6.07) is 4.57. The predicted octanol–water partition coefficient (Wildman–Crippen LogP) is 4.88. The van der Waals surface area contributed by atoms with Crippen LogP contribution in [0.15, 0.2) is 12.7 Å². The minimum absolute atomic E-state index is 0.123. The van der Waals surface area contributed by atoms with Gasteiger partial charge in [-0.2, -0.15) is 0 Å². The van der Waals surface area contributed by atoms with Crippen molar-refractivity contribution >= 4 is 43.6 Å². The van der Waals surface area contributed by atoms with Crippen LogP contribution in [-0.2, 0) is 9.57 Å². The Hall–Kier alpha value is -0.703. The van der Waals surface area contributed by atoms with E-state index in [1.165, 1.54) is 44.6 Å². The van der Waals surface area contributed by atoms with Crippen LogP contribution < -0.4 is 5.73 Å². The lowest BCUT2D eigenvalue weighted by molar-refractivity contribution is -0.0942. The third-order valence-electron chi connectivity index (χ3n) is 5.06. The van der Waals surface area contributed by atoms with Crippen molar-refractivity contribution in [3.8, 4) is 0 Å². The molecule has 2 aliphatic rings. The third-order valence-corrected chi connectivity index (χ3v) is 8.96. The van der Waals surface area contributed by atoms with Gasteiger partial charge in [0.15, 0.2) is 0 Å². The van der Waals surface area contributed by atoms with Crippen molar-refractivity contribution in [2.24, 2.45) is 5.73 Å². The van der Waals surface area contributed by atoms with Crippen LogP contribution in [0.5, 0.6) is 0 Å². The molecule has 0 aliphatic carbocycles. The highest BCUT2D eigenvalue weighted by molar-refractivity contribution is 7.80. The smallest absolute Gasteiger partial charge is 0.281 e. The fraction of sp³-hybridized carbons (Fsp3) is 0.810. The van der Waals surface area contributed by atoms with Crippen LogP contribution in [-0.4, -0.2) is 61.9 Å². The zero-order valence-corrected chi connectivity index (χ0v) is 21.7. The standard InChI is InChI=1S/C10H20N2OS.C8H16Si.C3H7NOS/c1-3-11(4-2)10(14)13-12-8-6-5-7-9-12;1-2-6-9-7-4-3-5-8-9;1-2-5-3(4)6/h3-9H2,1-2H3;2,9H,1,3-8H2;2H2,1H3,(H2,4,6). The highest BCUT2D eigenvalue weighted by atomic mass is 32.1. The van der Waals surface area contributed by atoms with Gasteiger partial charge in [0.1, 0.15) is 0 Å². The van der Waals surface area contributed by atoms with Gasteiger partial charge in [-0.1, -0.05) is 43.8 Å². The van der Waals surface area contributed by atoms with E-state index in [1.807, 2.05) is 12.0 Å². The summed E-state index contributed by atoms with van der Waals surface area (Å²) in [7, 11) is -0.244. The molecule has 5 nitrogen and oxygen atoms in total. The van der Waals surface area contributed by atoms with Gasteiger partial charge in [0, 0.05) is 35.0 Å². The molecule has 0 aromatic heterocycles. The number of nitrogens with two attached hydrogens (primary N) is 1. The lowest BCUT2D eigenvalue weighted by Gasteiger charge is -2.29. The van der Waals surface area contributed by atoms with Gasteiger partial charge in [-0.3, -0.25) is 0 Å². The van der Waals surface area contributed by atoms with Gasteiger partial charge >= 0.3 is 0 Å². The van der Waals surface area contributed by atoms with Crippen molar-refractivity contribution in [2.45, 2.75) is 77.4 Å². The summed E-state index contributed by atoms with van der Waals surface area (Å²) in [6.45, 7) is 14.2. The van der Waals surface area contributed by atoms with Gasteiger partial charge in [0.05, 0.1) is 6.61 Å².